The number of nitrogens with one attached hydrogen (secondary N) is 1. The normalized spacial score (nSPS) is 38.6. The number of hydrogen-bond donors (Lipinski definition) is 7. The Labute approximate surface area is 99.3 Å². The van der Waals surface area contributed by atoms with Crippen LogP contribution < -0.4 is 5.32 Å². The van der Waals surface area contributed by atoms with Crippen molar-refractivity contribution in [2.24, 2.45) is 5.92 Å². The number of rotatable bonds is 5. The van der Waals surface area contributed by atoms with Crippen LogP contribution in [0.3, 0.4) is 0 Å². The second kappa shape index (κ2) is 6.60. The molecule has 0 aromatic heterocycles. The topological polar surface area (TPSA) is 133 Å². The summed E-state index contributed by atoms with van der Waals surface area (Å²) in [5.41, 5.74) is 0. The molecule has 0 aromatic carbocycles. The summed E-state index contributed by atoms with van der Waals surface area (Å²) < 4.78 is 0. The molecular formula is C10H21NO6. The van der Waals surface area contributed by atoms with Crippen molar-refractivity contribution in [3.63, 3.8) is 0 Å². The maximum Gasteiger partial charge on any atom is 0.106 e. The minimum Gasteiger partial charge on any atom is -0.396 e. The lowest BCUT2D eigenvalue weighted by atomic mass is 9.79. The molecule has 1 rings (SSSR count). The third-order valence-corrected chi connectivity index (χ3v) is 3.30. The molecule has 1 aliphatic carbocycles. The molecule has 7 N–H and O–H groups in total. The first-order valence-electron chi connectivity index (χ1n) is 5.68. The fraction of sp³-hybridized carbons (Fsp3) is 1.00. The van der Waals surface area contributed by atoms with Gasteiger partial charge in [-0.1, -0.05) is 0 Å². The number of aliphatic hydroxyl groups is 6. The van der Waals surface area contributed by atoms with E-state index in [2.05, 4.69) is 5.32 Å². The summed E-state index contributed by atoms with van der Waals surface area (Å²) in [5, 5.41) is 58.6. The van der Waals surface area contributed by atoms with E-state index < -0.39 is 36.3 Å². The predicted octanol–water partition coefficient (Wildman–Crippen LogP) is -3.61. The van der Waals surface area contributed by atoms with Crippen molar-refractivity contribution in [3.05, 3.63) is 0 Å². The SMILES string of the molecule is OCC(CO)N[C@@H]1C[C@H](O)[C@@H](O)[C@H](O)[C@H]1CO. The molecule has 0 heterocycles. The molecule has 5 atom stereocenters. The summed E-state index contributed by atoms with van der Waals surface area (Å²) in [5.74, 6) is -0.644. The largest absolute Gasteiger partial charge is 0.396 e. The summed E-state index contributed by atoms with van der Waals surface area (Å²) in [6.07, 6.45) is -3.48. The summed E-state index contributed by atoms with van der Waals surface area (Å²) in [6.45, 7) is -0.939. The van der Waals surface area contributed by atoms with E-state index in [1.807, 2.05) is 0 Å². The van der Waals surface area contributed by atoms with E-state index in [4.69, 9.17) is 10.2 Å². The molecule has 0 aliphatic heterocycles. The highest BCUT2D eigenvalue weighted by molar-refractivity contribution is 4.96. The average Bonchev–Trinajstić information content (AvgIpc) is 2.33. The van der Waals surface area contributed by atoms with Crippen LogP contribution in [0, 0.1) is 5.92 Å². The van der Waals surface area contributed by atoms with Gasteiger partial charge in [0, 0.05) is 18.6 Å². The third-order valence-electron chi connectivity index (χ3n) is 3.30. The Morgan fingerprint density at radius 1 is 1.00 bits per heavy atom. The van der Waals surface area contributed by atoms with Crippen molar-refractivity contribution in [1.82, 2.24) is 5.32 Å². The Bertz CT molecular complexity index is 225. The molecule has 17 heavy (non-hydrogen) atoms. The van der Waals surface area contributed by atoms with Crippen LogP contribution in [0.4, 0.5) is 0 Å². The lowest BCUT2D eigenvalue weighted by Gasteiger charge is -2.41. The molecule has 1 fully saturated rings. The standard InChI is InChI=1S/C10H21NO6/c12-2-5(3-13)11-7-1-8(15)10(17)9(16)6(7)4-14/h5-17H,1-4H2/t6-,7+,8-,9+,10+/m0/s1. The van der Waals surface area contributed by atoms with Gasteiger partial charge in [0.25, 0.3) is 0 Å². The average molecular weight is 251 g/mol. The van der Waals surface area contributed by atoms with Crippen molar-refractivity contribution < 1.29 is 30.6 Å². The van der Waals surface area contributed by atoms with Gasteiger partial charge in [-0.15, -0.1) is 0 Å². The quantitative estimate of drug-likeness (QED) is 0.268. The highest BCUT2D eigenvalue weighted by atomic mass is 16.4. The molecule has 1 saturated carbocycles. The zero-order valence-corrected chi connectivity index (χ0v) is 9.48. The first-order chi connectivity index (χ1) is 8.04. The second-order valence-electron chi connectivity index (χ2n) is 4.47. The van der Waals surface area contributed by atoms with E-state index in [0.717, 1.165) is 0 Å². The molecule has 0 aromatic rings. The Morgan fingerprint density at radius 3 is 2.06 bits per heavy atom. The van der Waals surface area contributed by atoms with E-state index in [0.29, 0.717) is 0 Å². The molecule has 7 nitrogen and oxygen atoms in total. The molecule has 0 saturated heterocycles. The summed E-state index contributed by atoms with van der Waals surface area (Å²) >= 11 is 0. The van der Waals surface area contributed by atoms with Crippen LogP contribution in [0.1, 0.15) is 6.42 Å². The molecule has 0 bridgehead atoms. The lowest BCUT2D eigenvalue weighted by Crippen LogP contribution is -2.60. The van der Waals surface area contributed by atoms with E-state index in [1.165, 1.54) is 0 Å². The highest BCUT2D eigenvalue weighted by Crippen LogP contribution is 2.26. The molecule has 0 radical (unpaired) electrons. The van der Waals surface area contributed by atoms with Crippen LogP contribution in [0.25, 0.3) is 0 Å². The van der Waals surface area contributed by atoms with Crippen molar-refractivity contribution in [2.75, 3.05) is 19.8 Å². The van der Waals surface area contributed by atoms with Crippen molar-refractivity contribution in [3.8, 4) is 0 Å². The van der Waals surface area contributed by atoms with E-state index in [-0.39, 0.29) is 26.2 Å². The van der Waals surface area contributed by atoms with Gasteiger partial charge in [-0.3, -0.25) is 0 Å². The maximum atomic E-state index is 9.70. The zero-order chi connectivity index (χ0) is 13.0. The highest BCUT2D eigenvalue weighted by Gasteiger charge is 2.42. The van der Waals surface area contributed by atoms with Gasteiger partial charge in [0.1, 0.15) is 6.10 Å². The predicted molar refractivity (Wildman–Crippen MR) is 58.1 cm³/mol. The van der Waals surface area contributed by atoms with Crippen LogP contribution in [0.15, 0.2) is 0 Å². The summed E-state index contributed by atoms with van der Waals surface area (Å²) in [6, 6.07) is -1.05. The fourth-order valence-electron chi connectivity index (χ4n) is 2.19. The smallest absolute Gasteiger partial charge is 0.106 e. The van der Waals surface area contributed by atoms with Gasteiger partial charge in [-0.25, -0.2) is 0 Å². The molecule has 0 amide bonds. The van der Waals surface area contributed by atoms with Gasteiger partial charge in [0.05, 0.1) is 31.5 Å². The van der Waals surface area contributed by atoms with Gasteiger partial charge in [-0.05, 0) is 6.42 Å². The minimum atomic E-state index is -1.29. The lowest BCUT2D eigenvalue weighted by molar-refractivity contribution is -0.130. The van der Waals surface area contributed by atoms with Crippen LogP contribution >= 0.6 is 0 Å². The Hall–Kier alpha value is -0.280. The van der Waals surface area contributed by atoms with Crippen molar-refractivity contribution in [1.29, 1.82) is 0 Å². The first-order valence-corrected chi connectivity index (χ1v) is 5.68. The number of aliphatic hydroxyl groups excluding tert-OH is 6. The maximum absolute atomic E-state index is 9.70. The summed E-state index contributed by atoms with van der Waals surface area (Å²) in [7, 11) is 0. The van der Waals surface area contributed by atoms with Crippen molar-refractivity contribution >= 4 is 0 Å². The third kappa shape index (κ3) is 3.35. The van der Waals surface area contributed by atoms with Gasteiger partial charge < -0.3 is 36.0 Å². The van der Waals surface area contributed by atoms with Crippen molar-refractivity contribution in [2.45, 2.75) is 36.8 Å². The monoisotopic (exact) mass is 251 g/mol. The van der Waals surface area contributed by atoms with E-state index >= 15 is 0 Å². The molecule has 1 aliphatic rings. The molecule has 7 heteroatoms. The first kappa shape index (κ1) is 14.8. The minimum absolute atomic E-state index is 0.139. The van der Waals surface area contributed by atoms with E-state index in [9.17, 15) is 20.4 Å². The zero-order valence-electron chi connectivity index (χ0n) is 9.48. The molecular weight excluding hydrogens is 230 g/mol. The van der Waals surface area contributed by atoms with E-state index in [1.54, 1.807) is 0 Å². The second-order valence-corrected chi connectivity index (χ2v) is 4.47. The number of hydrogen-bond acceptors (Lipinski definition) is 7. The van der Waals surface area contributed by atoms with Gasteiger partial charge in [0.15, 0.2) is 0 Å². The fourth-order valence-corrected chi connectivity index (χ4v) is 2.19. The summed E-state index contributed by atoms with van der Waals surface area (Å²) in [4.78, 5) is 0. The van der Waals surface area contributed by atoms with Gasteiger partial charge in [-0.2, -0.15) is 0 Å². The Kier molecular flexibility index (Phi) is 5.74. The molecule has 0 unspecified atom stereocenters. The van der Waals surface area contributed by atoms with Crippen LogP contribution in [-0.4, -0.2) is 80.9 Å². The van der Waals surface area contributed by atoms with Crippen LogP contribution in [0.2, 0.25) is 0 Å². The molecule has 102 valence electrons. The van der Waals surface area contributed by atoms with Crippen LogP contribution in [0.5, 0.6) is 0 Å². The Morgan fingerprint density at radius 2 is 1.59 bits per heavy atom. The Balaban J connectivity index is 2.68. The van der Waals surface area contributed by atoms with Crippen LogP contribution in [-0.2, 0) is 0 Å². The molecule has 0 spiro atoms. The van der Waals surface area contributed by atoms with Gasteiger partial charge >= 0.3 is 0 Å². The van der Waals surface area contributed by atoms with Gasteiger partial charge in [0.2, 0.25) is 0 Å².